The molecule has 0 aromatic carbocycles. The third kappa shape index (κ3) is 5.08. The molecular formula is C15H27N5O4S. The third-order valence-corrected chi connectivity index (χ3v) is 5.42. The van der Waals surface area contributed by atoms with Gasteiger partial charge in [0, 0.05) is 20.1 Å². The molecule has 0 spiro atoms. The minimum atomic E-state index is -3.46. The van der Waals surface area contributed by atoms with Crippen molar-refractivity contribution in [3.8, 4) is 5.88 Å². The van der Waals surface area contributed by atoms with E-state index in [4.69, 9.17) is 9.88 Å². The largest absolute Gasteiger partial charge is 0.481 e. The summed E-state index contributed by atoms with van der Waals surface area (Å²) in [5, 5.41) is 12.4. The van der Waals surface area contributed by atoms with Crippen molar-refractivity contribution < 1.29 is 17.9 Å². The van der Waals surface area contributed by atoms with E-state index in [9.17, 15) is 13.2 Å². The lowest BCUT2D eigenvalue weighted by Crippen LogP contribution is -2.45. The van der Waals surface area contributed by atoms with Crippen molar-refractivity contribution in [1.29, 1.82) is 0 Å². The van der Waals surface area contributed by atoms with E-state index in [0.717, 1.165) is 17.7 Å². The van der Waals surface area contributed by atoms with Gasteiger partial charge < -0.3 is 15.0 Å². The summed E-state index contributed by atoms with van der Waals surface area (Å²) in [4.78, 5) is 14.1. The van der Waals surface area contributed by atoms with Gasteiger partial charge in [-0.05, 0) is 25.2 Å². The molecule has 1 aromatic heterocycles. The number of nitrogens with one attached hydrogen (secondary N) is 1. The predicted molar refractivity (Wildman–Crippen MR) is 93.6 cm³/mol. The quantitative estimate of drug-likeness (QED) is 0.738. The highest BCUT2D eigenvalue weighted by molar-refractivity contribution is 7.89. The number of primary sulfonamides is 1. The van der Waals surface area contributed by atoms with Crippen molar-refractivity contribution >= 4 is 16.1 Å². The van der Waals surface area contributed by atoms with Gasteiger partial charge in [-0.3, -0.25) is 0 Å². The number of amides is 2. The van der Waals surface area contributed by atoms with Gasteiger partial charge in [0.2, 0.25) is 15.9 Å². The molecule has 0 atom stereocenters. The molecule has 0 saturated carbocycles. The van der Waals surface area contributed by atoms with Crippen LogP contribution in [0.25, 0.3) is 0 Å². The molecule has 25 heavy (non-hydrogen) atoms. The molecular weight excluding hydrogens is 346 g/mol. The fraction of sp³-hybridized carbons (Fsp3) is 0.733. The van der Waals surface area contributed by atoms with Crippen LogP contribution in [0.1, 0.15) is 31.0 Å². The number of ether oxygens (including phenoxy) is 1. The molecule has 0 radical (unpaired) electrons. The van der Waals surface area contributed by atoms with Gasteiger partial charge in [0.15, 0.2) is 0 Å². The molecule has 1 aliphatic heterocycles. The number of carbonyl (C=O) groups excluding carboxylic acids is 1. The lowest BCUT2D eigenvalue weighted by molar-refractivity contribution is 0.174. The molecule has 2 rings (SSSR count). The van der Waals surface area contributed by atoms with Gasteiger partial charge in [-0.2, -0.15) is 5.10 Å². The lowest BCUT2D eigenvalue weighted by atomic mass is 9.99. The number of nitrogens with two attached hydrogens (primary N) is 1. The van der Waals surface area contributed by atoms with Crippen LogP contribution in [0, 0.1) is 5.92 Å². The van der Waals surface area contributed by atoms with Crippen LogP contribution in [0.2, 0.25) is 0 Å². The molecule has 0 aliphatic carbocycles. The van der Waals surface area contributed by atoms with Crippen LogP contribution >= 0.6 is 0 Å². The number of rotatable bonds is 6. The highest BCUT2D eigenvalue weighted by Crippen LogP contribution is 2.22. The molecule has 2 heterocycles. The molecule has 1 fully saturated rings. The number of piperidine rings is 1. The first-order valence-corrected chi connectivity index (χ1v) is 10.1. The molecule has 0 bridgehead atoms. The maximum absolute atomic E-state index is 12.4. The molecule has 0 unspecified atom stereocenters. The van der Waals surface area contributed by atoms with Gasteiger partial charge in [0.25, 0.3) is 0 Å². The van der Waals surface area contributed by atoms with Gasteiger partial charge in [-0.1, -0.05) is 6.92 Å². The molecule has 3 N–H and O–H groups in total. The Labute approximate surface area is 148 Å². The van der Waals surface area contributed by atoms with Crippen molar-refractivity contribution in [3.05, 3.63) is 11.3 Å². The van der Waals surface area contributed by atoms with E-state index in [1.54, 1.807) is 23.7 Å². The fourth-order valence-corrected chi connectivity index (χ4v) is 4.22. The Morgan fingerprint density at radius 1 is 1.40 bits per heavy atom. The Bertz CT molecular complexity index is 708. The topological polar surface area (TPSA) is 120 Å². The highest BCUT2D eigenvalue weighted by Gasteiger charge is 2.26. The Hall–Kier alpha value is -1.81. The number of nitrogens with zero attached hydrogens (tertiary/aromatic N) is 3. The number of aryl methyl sites for hydroxylation is 2. The highest BCUT2D eigenvalue weighted by atomic mass is 32.2. The zero-order valence-electron chi connectivity index (χ0n) is 15.0. The zero-order valence-corrected chi connectivity index (χ0v) is 15.8. The summed E-state index contributed by atoms with van der Waals surface area (Å²) in [6.07, 6.45) is 2.03. The van der Waals surface area contributed by atoms with Crippen LogP contribution in [0.5, 0.6) is 5.88 Å². The van der Waals surface area contributed by atoms with Crippen LogP contribution < -0.4 is 15.2 Å². The summed E-state index contributed by atoms with van der Waals surface area (Å²) < 4.78 is 29.4. The number of sulfonamides is 1. The van der Waals surface area contributed by atoms with Crippen molar-refractivity contribution in [2.45, 2.75) is 32.7 Å². The van der Waals surface area contributed by atoms with Crippen molar-refractivity contribution in [1.82, 2.24) is 20.0 Å². The van der Waals surface area contributed by atoms with E-state index in [0.29, 0.717) is 38.4 Å². The number of hydrogen-bond donors (Lipinski definition) is 2. The minimum Gasteiger partial charge on any atom is -0.481 e. The SMILES string of the molecule is CCc1nn(C)c(OC)c1CNC(=O)N1CCC(CS(N)(=O)=O)CC1. The van der Waals surface area contributed by atoms with Crippen molar-refractivity contribution in [2.24, 2.45) is 18.1 Å². The van der Waals surface area contributed by atoms with Crippen molar-refractivity contribution in [3.63, 3.8) is 0 Å². The standard InChI is InChI=1S/C15H27N5O4S/c1-4-13-12(14(24-3)19(2)18-13)9-17-15(21)20-7-5-11(6-8-20)10-25(16,22)23/h11H,4-10H2,1-3H3,(H,17,21)(H2,16,22,23). The second-order valence-corrected chi connectivity index (χ2v) is 7.99. The number of hydrogen-bond acceptors (Lipinski definition) is 5. The number of methoxy groups -OCH3 is 1. The molecule has 142 valence electrons. The Kier molecular flexibility index (Phi) is 6.28. The monoisotopic (exact) mass is 373 g/mol. The van der Waals surface area contributed by atoms with E-state index in [2.05, 4.69) is 10.4 Å². The summed E-state index contributed by atoms with van der Waals surface area (Å²) in [6.45, 7) is 3.40. The lowest BCUT2D eigenvalue weighted by Gasteiger charge is -2.31. The first-order valence-electron chi connectivity index (χ1n) is 8.37. The Balaban J connectivity index is 1.90. The molecule has 9 nitrogen and oxygen atoms in total. The number of aromatic nitrogens is 2. The van der Waals surface area contributed by atoms with Crippen LogP contribution in [0.3, 0.4) is 0 Å². The Morgan fingerprint density at radius 3 is 2.56 bits per heavy atom. The first-order chi connectivity index (χ1) is 11.7. The minimum absolute atomic E-state index is 0.0177. The summed E-state index contributed by atoms with van der Waals surface area (Å²) in [5.74, 6) is 0.642. The number of likely N-dealkylation sites (tertiary alicyclic amines) is 1. The van der Waals surface area contributed by atoms with Crippen LogP contribution in [-0.2, 0) is 30.0 Å². The molecule has 1 aromatic rings. The maximum Gasteiger partial charge on any atom is 0.317 e. The van der Waals surface area contributed by atoms with Gasteiger partial charge in [-0.25, -0.2) is 23.0 Å². The van der Waals surface area contributed by atoms with Gasteiger partial charge in [0.1, 0.15) is 0 Å². The second kappa shape index (κ2) is 8.05. The average molecular weight is 373 g/mol. The Morgan fingerprint density at radius 2 is 2.04 bits per heavy atom. The van der Waals surface area contributed by atoms with Gasteiger partial charge in [-0.15, -0.1) is 0 Å². The van der Waals surface area contributed by atoms with E-state index >= 15 is 0 Å². The molecule has 10 heteroatoms. The van der Waals surface area contributed by atoms with Crippen molar-refractivity contribution in [2.75, 3.05) is 26.0 Å². The maximum atomic E-state index is 12.4. The van der Waals surface area contributed by atoms with Crippen LogP contribution in [0.4, 0.5) is 4.79 Å². The number of urea groups is 1. The zero-order chi connectivity index (χ0) is 18.6. The molecule has 2 amide bonds. The van der Waals surface area contributed by atoms with Crippen LogP contribution in [-0.4, -0.2) is 55.1 Å². The van der Waals surface area contributed by atoms with E-state index in [1.807, 2.05) is 6.92 Å². The van der Waals surface area contributed by atoms with Crippen LogP contribution in [0.15, 0.2) is 0 Å². The van der Waals surface area contributed by atoms with Gasteiger partial charge >= 0.3 is 6.03 Å². The smallest absolute Gasteiger partial charge is 0.317 e. The second-order valence-electron chi connectivity index (χ2n) is 6.33. The first kappa shape index (κ1) is 19.5. The van der Waals surface area contributed by atoms with E-state index in [-0.39, 0.29) is 17.7 Å². The molecule has 1 saturated heterocycles. The summed E-state index contributed by atoms with van der Waals surface area (Å²) >= 11 is 0. The van der Waals surface area contributed by atoms with E-state index < -0.39 is 10.0 Å². The average Bonchev–Trinajstić information content (AvgIpc) is 2.86. The third-order valence-electron chi connectivity index (χ3n) is 4.49. The van der Waals surface area contributed by atoms with E-state index in [1.165, 1.54) is 0 Å². The summed E-state index contributed by atoms with van der Waals surface area (Å²) in [7, 11) is -0.0765. The van der Waals surface area contributed by atoms with Gasteiger partial charge in [0.05, 0.1) is 30.7 Å². The normalized spacial score (nSPS) is 16.1. The number of carbonyl (C=O) groups is 1. The summed E-state index contributed by atoms with van der Waals surface area (Å²) in [5.41, 5.74) is 1.77. The predicted octanol–water partition coefficient (Wildman–Crippen LogP) is 0.201. The molecule has 1 aliphatic rings. The summed E-state index contributed by atoms with van der Waals surface area (Å²) in [6, 6.07) is -0.165. The fourth-order valence-electron chi connectivity index (χ4n) is 3.23.